The SMILES string of the molecule is COC(=O)C=Cc1ccc(F)c(C=O)c1. The zero-order valence-electron chi connectivity index (χ0n) is 8.07. The third-order valence-electron chi connectivity index (χ3n) is 1.76. The van der Waals surface area contributed by atoms with Gasteiger partial charge in [-0.1, -0.05) is 6.07 Å². The molecule has 0 saturated heterocycles. The van der Waals surface area contributed by atoms with Crippen molar-refractivity contribution in [3.05, 3.63) is 41.2 Å². The summed E-state index contributed by atoms with van der Waals surface area (Å²) < 4.78 is 17.3. The maximum atomic E-state index is 12.9. The van der Waals surface area contributed by atoms with E-state index in [9.17, 15) is 14.0 Å². The molecule has 1 rings (SSSR count). The summed E-state index contributed by atoms with van der Waals surface area (Å²) in [6, 6.07) is 3.98. The first-order chi connectivity index (χ1) is 7.17. The summed E-state index contributed by atoms with van der Waals surface area (Å²) in [4.78, 5) is 21.2. The molecule has 3 nitrogen and oxygen atoms in total. The lowest BCUT2D eigenvalue weighted by atomic mass is 10.1. The van der Waals surface area contributed by atoms with E-state index in [-0.39, 0.29) is 5.56 Å². The zero-order chi connectivity index (χ0) is 11.3. The van der Waals surface area contributed by atoms with Gasteiger partial charge in [-0.2, -0.15) is 0 Å². The molecule has 0 unspecified atom stereocenters. The third kappa shape index (κ3) is 3.02. The minimum atomic E-state index is -0.583. The fourth-order valence-electron chi connectivity index (χ4n) is 0.989. The number of halogens is 1. The summed E-state index contributed by atoms with van der Waals surface area (Å²) in [5.74, 6) is -1.09. The predicted octanol–water partition coefficient (Wildman–Crippen LogP) is 1.82. The Bertz CT molecular complexity index is 410. The molecule has 0 bridgehead atoms. The molecule has 78 valence electrons. The van der Waals surface area contributed by atoms with E-state index in [1.807, 2.05) is 0 Å². The van der Waals surface area contributed by atoms with E-state index in [1.165, 1.54) is 37.5 Å². The molecule has 0 N–H and O–H groups in total. The molecule has 0 radical (unpaired) electrons. The van der Waals surface area contributed by atoms with Crippen LogP contribution in [0.15, 0.2) is 24.3 Å². The van der Waals surface area contributed by atoms with Gasteiger partial charge in [0.05, 0.1) is 12.7 Å². The van der Waals surface area contributed by atoms with Crippen LogP contribution < -0.4 is 0 Å². The van der Waals surface area contributed by atoms with Crippen LogP contribution in [0.4, 0.5) is 4.39 Å². The van der Waals surface area contributed by atoms with Crippen molar-refractivity contribution < 1.29 is 18.7 Å². The van der Waals surface area contributed by atoms with Crippen LogP contribution in [0.25, 0.3) is 6.08 Å². The summed E-state index contributed by atoms with van der Waals surface area (Å²) in [5, 5.41) is 0. The Labute approximate surface area is 86.2 Å². The maximum absolute atomic E-state index is 12.9. The average Bonchev–Trinajstić information content (AvgIpc) is 2.27. The second-order valence-electron chi connectivity index (χ2n) is 2.76. The van der Waals surface area contributed by atoms with Gasteiger partial charge < -0.3 is 4.74 Å². The molecule has 0 fully saturated rings. The molecular weight excluding hydrogens is 199 g/mol. The highest BCUT2D eigenvalue weighted by Crippen LogP contribution is 2.09. The highest BCUT2D eigenvalue weighted by atomic mass is 19.1. The summed E-state index contributed by atoms with van der Waals surface area (Å²) in [6.07, 6.45) is 3.06. The van der Waals surface area contributed by atoms with Crippen molar-refractivity contribution in [2.45, 2.75) is 0 Å². The van der Waals surface area contributed by atoms with Gasteiger partial charge in [0.2, 0.25) is 0 Å². The number of aldehydes is 1. The molecule has 0 spiro atoms. The number of carbonyl (C=O) groups is 2. The number of esters is 1. The molecule has 0 atom stereocenters. The highest BCUT2D eigenvalue weighted by molar-refractivity contribution is 5.87. The van der Waals surface area contributed by atoms with Crippen LogP contribution in [-0.2, 0) is 9.53 Å². The van der Waals surface area contributed by atoms with E-state index >= 15 is 0 Å². The van der Waals surface area contributed by atoms with Crippen LogP contribution in [0.3, 0.4) is 0 Å². The van der Waals surface area contributed by atoms with Crippen molar-refractivity contribution in [1.82, 2.24) is 0 Å². The molecule has 0 saturated carbocycles. The molecule has 0 aromatic heterocycles. The second-order valence-corrected chi connectivity index (χ2v) is 2.76. The Morgan fingerprint density at radius 1 is 1.47 bits per heavy atom. The minimum absolute atomic E-state index is 0.0398. The number of rotatable bonds is 3. The molecule has 15 heavy (non-hydrogen) atoms. The second kappa shape index (κ2) is 5.05. The Morgan fingerprint density at radius 3 is 2.80 bits per heavy atom. The lowest BCUT2D eigenvalue weighted by Crippen LogP contribution is -1.93. The minimum Gasteiger partial charge on any atom is -0.466 e. The molecule has 0 aliphatic carbocycles. The van der Waals surface area contributed by atoms with Crippen molar-refractivity contribution in [3.63, 3.8) is 0 Å². The number of ether oxygens (including phenoxy) is 1. The quantitative estimate of drug-likeness (QED) is 0.432. The third-order valence-corrected chi connectivity index (χ3v) is 1.76. The first-order valence-corrected chi connectivity index (χ1v) is 4.18. The van der Waals surface area contributed by atoms with Crippen LogP contribution >= 0.6 is 0 Å². The summed E-state index contributed by atoms with van der Waals surface area (Å²) in [7, 11) is 1.26. The normalized spacial score (nSPS) is 10.3. The number of hydrogen-bond acceptors (Lipinski definition) is 3. The van der Waals surface area contributed by atoms with Gasteiger partial charge in [0, 0.05) is 6.08 Å². The van der Waals surface area contributed by atoms with Gasteiger partial charge in [-0.05, 0) is 23.8 Å². The lowest BCUT2D eigenvalue weighted by molar-refractivity contribution is -0.134. The van der Waals surface area contributed by atoms with Crippen molar-refractivity contribution in [2.24, 2.45) is 0 Å². The van der Waals surface area contributed by atoms with Crippen molar-refractivity contribution in [2.75, 3.05) is 7.11 Å². The largest absolute Gasteiger partial charge is 0.466 e. The number of benzene rings is 1. The summed E-state index contributed by atoms with van der Waals surface area (Å²) >= 11 is 0. The first-order valence-electron chi connectivity index (χ1n) is 4.18. The van der Waals surface area contributed by atoms with Gasteiger partial charge in [-0.3, -0.25) is 4.79 Å². The van der Waals surface area contributed by atoms with E-state index < -0.39 is 11.8 Å². The van der Waals surface area contributed by atoms with Crippen molar-refractivity contribution in [1.29, 1.82) is 0 Å². The maximum Gasteiger partial charge on any atom is 0.330 e. The van der Waals surface area contributed by atoms with E-state index in [0.717, 1.165) is 0 Å². The van der Waals surface area contributed by atoms with E-state index in [4.69, 9.17) is 0 Å². The Balaban J connectivity index is 2.92. The molecule has 0 aliphatic heterocycles. The average molecular weight is 208 g/mol. The molecule has 1 aromatic carbocycles. The standard InChI is InChI=1S/C11H9FO3/c1-15-11(14)5-3-8-2-4-10(12)9(6-8)7-13/h2-7H,1H3. The van der Waals surface area contributed by atoms with Gasteiger partial charge in [0.1, 0.15) is 5.82 Å². The molecular formula is C11H9FO3. The van der Waals surface area contributed by atoms with Crippen LogP contribution in [0, 0.1) is 5.82 Å². The Kier molecular flexibility index (Phi) is 3.74. The van der Waals surface area contributed by atoms with E-state index in [2.05, 4.69) is 4.74 Å². The van der Waals surface area contributed by atoms with Crippen LogP contribution in [0.2, 0.25) is 0 Å². The van der Waals surface area contributed by atoms with Gasteiger partial charge in [0.25, 0.3) is 0 Å². The van der Waals surface area contributed by atoms with Crippen LogP contribution in [-0.4, -0.2) is 19.4 Å². The fourth-order valence-corrected chi connectivity index (χ4v) is 0.989. The fraction of sp³-hybridized carbons (Fsp3) is 0.0909. The lowest BCUT2D eigenvalue weighted by Gasteiger charge is -1.96. The molecule has 1 aromatic rings. The topological polar surface area (TPSA) is 43.4 Å². The van der Waals surface area contributed by atoms with E-state index in [0.29, 0.717) is 11.8 Å². The summed E-state index contributed by atoms with van der Waals surface area (Å²) in [5.41, 5.74) is 0.519. The predicted molar refractivity (Wildman–Crippen MR) is 52.8 cm³/mol. The van der Waals surface area contributed by atoms with Gasteiger partial charge in [-0.15, -0.1) is 0 Å². The molecule has 0 amide bonds. The first kappa shape index (κ1) is 11.1. The highest BCUT2D eigenvalue weighted by Gasteiger charge is 2.00. The van der Waals surface area contributed by atoms with Gasteiger partial charge in [-0.25, -0.2) is 9.18 Å². The van der Waals surface area contributed by atoms with Crippen LogP contribution in [0.1, 0.15) is 15.9 Å². The summed E-state index contributed by atoms with van der Waals surface area (Å²) in [6.45, 7) is 0. The smallest absolute Gasteiger partial charge is 0.330 e. The number of methoxy groups -OCH3 is 1. The van der Waals surface area contributed by atoms with Gasteiger partial charge >= 0.3 is 5.97 Å². The Morgan fingerprint density at radius 2 is 2.20 bits per heavy atom. The van der Waals surface area contributed by atoms with Crippen LogP contribution in [0.5, 0.6) is 0 Å². The van der Waals surface area contributed by atoms with Crippen molar-refractivity contribution in [3.8, 4) is 0 Å². The Hall–Kier alpha value is -1.97. The van der Waals surface area contributed by atoms with Gasteiger partial charge in [0.15, 0.2) is 6.29 Å². The zero-order valence-corrected chi connectivity index (χ0v) is 8.07. The molecule has 0 aliphatic rings. The number of hydrogen-bond donors (Lipinski definition) is 0. The van der Waals surface area contributed by atoms with E-state index in [1.54, 1.807) is 0 Å². The number of carbonyl (C=O) groups excluding carboxylic acids is 2. The molecule has 4 heteroatoms. The molecule has 0 heterocycles. The monoisotopic (exact) mass is 208 g/mol. The van der Waals surface area contributed by atoms with Crippen molar-refractivity contribution >= 4 is 18.3 Å².